The first kappa shape index (κ1) is 15.4. The highest BCUT2D eigenvalue weighted by atomic mass is 19.1. The molecule has 21 heavy (non-hydrogen) atoms. The number of anilines is 2. The van der Waals surface area contributed by atoms with Gasteiger partial charge in [0, 0.05) is 42.8 Å². The average Bonchev–Trinajstić information content (AvgIpc) is 2.49. The van der Waals surface area contributed by atoms with Crippen molar-refractivity contribution < 1.29 is 4.39 Å². The fraction of sp³-hybridized carbons (Fsp3) is 0.353. The molecule has 0 bridgehead atoms. The lowest BCUT2D eigenvalue weighted by Gasteiger charge is -2.26. The molecular formula is C17H22FN3. The number of benzene rings is 1. The van der Waals surface area contributed by atoms with E-state index in [-0.39, 0.29) is 5.82 Å². The number of nitrogens with zero attached hydrogens (tertiary/aromatic N) is 2. The van der Waals surface area contributed by atoms with Crippen LogP contribution < -0.4 is 10.2 Å². The number of halogens is 1. The van der Waals surface area contributed by atoms with Gasteiger partial charge >= 0.3 is 0 Å². The fourth-order valence-electron chi connectivity index (χ4n) is 2.27. The summed E-state index contributed by atoms with van der Waals surface area (Å²) in [6, 6.07) is 9.19. The van der Waals surface area contributed by atoms with Crippen LogP contribution in [0, 0.1) is 5.82 Å². The number of rotatable bonds is 6. The van der Waals surface area contributed by atoms with Crippen molar-refractivity contribution in [2.75, 3.05) is 11.4 Å². The second-order valence-electron chi connectivity index (χ2n) is 5.24. The van der Waals surface area contributed by atoms with Crippen molar-refractivity contribution in [3.8, 4) is 0 Å². The lowest BCUT2D eigenvalue weighted by molar-refractivity contribution is 0.587. The van der Waals surface area contributed by atoms with E-state index in [9.17, 15) is 4.39 Å². The summed E-state index contributed by atoms with van der Waals surface area (Å²) in [7, 11) is 0. The molecule has 2 rings (SSSR count). The van der Waals surface area contributed by atoms with Crippen molar-refractivity contribution in [2.24, 2.45) is 0 Å². The Hall–Kier alpha value is -1.94. The predicted octanol–water partition coefficient (Wildman–Crippen LogP) is 3.88. The monoisotopic (exact) mass is 287 g/mol. The average molecular weight is 287 g/mol. The number of hydrogen-bond acceptors (Lipinski definition) is 3. The molecule has 0 saturated heterocycles. The molecule has 3 nitrogen and oxygen atoms in total. The van der Waals surface area contributed by atoms with Gasteiger partial charge in [-0.05, 0) is 25.1 Å². The molecule has 0 atom stereocenters. The van der Waals surface area contributed by atoms with Gasteiger partial charge in [0.15, 0.2) is 0 Å². The van der Waals surface area contributed by atoms with Crippen LogP contribution in [0.2, 0.25) is 0 Å². The maximum absolute atomic E-state index is 14.1. The largest absolute Gasteiger partial charge is 0.339 e. The van der Waals surface area contributed by atoms with Crippen molar-refractivity contribution in [1.29, 1.82) is 0 Å². The Morgan fingerprint density at radius 1 is 1.19 bits per heavy atom. The van der Waals surface area contributed by atoms with Crippen LogP contribution in [-0.2, 0) is 6.54 Å². The fourth-order valence-corrected chi connectivity index (χ4v) is 2.27. The van der Waals surface area contributed by atoms with Gasteiger partial charge in [-0.25, -0.2) is 4.39 Å². The van der Waals surface area contributed by atoms with E-state index < -0.39 is 0 Å². The van der Waals surface area contributed by atoms with Crippen LogP contribution in [0.15, 0.2) is 42.7 Å². The molecule has 0 fully saturated rings. The second kappa shape index (κ2) is 7.18. The van der Waals surface area contributed by atoms with Gasteiger partial charge in [-0.2, -0.15) is 0 Å². The summed E-state index contributed by atoms with van der Waals surface area (Å²) in [5.41, 5.74) is 2.65. The molecular weight excluding hydrogens is 265 g/mol. The highest BCUT2D eigenvalue weighted by Crippen LogP contribution is 2.29. The van der Waals surface area contributed by atoms with Crippen LogP contribution in [0.1, 0.15) is 26.3 Å². The van der Waals surface area contributed by atoms with Crippen molar-refractivity contribution in [2.45, 2.75) is 33.4 Å². The van der Waals surface area contributed by atoms with E-state index in [1.165, 1.54) is 6.07 Å². The lowest BCUT2D eigenvalue weighted by Crippen LogP contribution is -2.25. The summed E-state index contributed by atoms with van der Waals surface area (Å²) >= 11 is 0. The quantitative estimate of drug-likeness (QED) is 0.874. The molecule has 0 spiro atoms. The molecule has 0 aliphatic rings. The zero-order valence-electron chi connectivity index (χ0n) is 12.8. The Morgan fingerprint density at radius 2 is 1.95 bits per heavy atom. The Morgan fingerprint density at radius 3 is 2.62 bits per heavy atom. The van der Waals surface area contributed by atoms with E-state index in [1.54, 1.807) is 18.3 Å². The van der Waals surface area contributed by atoms with Gasteiger partial charge in [0.1, 0.15) is 5.82 Å². The van der Waals surface area contributed by atoms with Gasteiger partial charge < -0.3 is 10.2 Å². The third-order valence-electron chi connectivity index (χ3n) is 3.33. The summed E-state index contributed by atoms with van der Waals surface area (Å²) in [6.45, 7) is 7.63. The van der Waals surface area contributed by atoms with E-state index >= 15 is 0 Å². The minimum Gasteiger partial charge on any atom is -0.339 e. The van der Waals surface area contributed by atoms with Gasteiger partial charge in [-0.3, -0.25) is 4.98 Å². The molecule has 0 unspecified atom stereocenters. The van der Waals surface area contributed by atoms with Crippen molar-refractivity contribution in [3.63, 3.8) is 0 Å². The van der Waals surface area contributed by atoms with Gasteiger partial charge in [-0.15, -0.1) is 0 Å². The number of aromatic nitrogens is 1. The molecule has 1 aromatic heterocycles. The van der Waals surface area contributed by atoms with Gasteiger partial charge in [0.05, 0.1) is 5.69 Å². The van der Waals surface area contributed by atoms with Crippen LogP contribution >= 0.6 is 0 Å². The minimum atomic E-state index is -0.209. The van der Waals surface area contributed by atoms with Crippen molar-refractivity contribution >= 4 is 11.4 Å². The third kappa shape index (κ3) is 3.79. The Kier molecular flexibility index (Phi) is 5.28. The Balaban J connectivity index is 2.36. The molecule has 1 heterocycles. The Bertz CT molecular complexity index is 584. The summed E-state index contributed by atoms with van der Waals surface area (Å²) in [4.78, 5) is 6.18. The van der Waals surface area contributed by atoms with Crippen LogP contribution in [0.3, 0.4) is 0 Å². The van der Waals surface area contributed by atoms with Crippen LogP contribution in [-0.4, -0.2) is 17.6 Å². The second-order valence-corrected chi connectivity index (χ2v) is 5.24. The first-order valence-corrected chi connectivity index (χ1v) is 7.31. The third-order valence-corrected chi connectivity index (χ3v) is 3.33. The molecule has 1 N–H and O–H groups in total. The highest BCUT2D eigenvalue weighted by Gasteiger charge is 2.15. The highest BCUT2D eigenvalue weighted by molar-refractivity contribution is 5.66. The predicted molar refractivity (Wildman–Crippen MR) is 85.3 cm³/mol. The normalized spacial score (nSPS) is 10.9. The zero-order chi connectivity index (χ0) is 15.2. The maximum Gasteiger partial charge on any atom is 0.146 e. The van der Waals surface area contributed by atoms with Crippen molar-refractivity contribution in [3.05, 3.63) is 54.1 Å². The molecule has 0 aliphatic carbocycles. The standard InChI is InChI=1S/C17H22FN3/c1-4-21(17-8-6-5-7-15(17)18)16-9-10-19-11-14(16)12-20-13(2)3/h5-11,13,20H,4,12H2,1-3H3. The first-order chi connectivity index (χ1) is 10.1. The summed E-state index contributed by atoms with van der Waals surface area (Å²) in [5.74, 6) is -0.209. The summed E-state index contributed by atoms with van der Waals surface area (Å²) in [6.07, 6.45) is 3.59. The molecule has 112 valence electrons. The van der Waals surface area contributed by atoms with Crippen LogP contribution in [0.4, 0.5) is 15.8 Å². The summed E-state index contributed by atoms with van der Waals surface area (Å²) in [5, 5.41) is 3.39. The molecule has 2 aromatic rings. The Labute approximate surface area is 125 Å². The van der Waals surface area contributed by atoms with Gasteiger partial charge in [0.25, 0.3) is 0 Å². The summed E-state index contributed by atoms with van der Waals surface area (Å²) < 4.78 is 14.1. The van der Waals surface area contributed by atoms with Gasteiger partial charge in [0.2, 0.25) is 0 Å². The molecule has 0 saturated carbocycles. The van der Waals surface area contributed by atoms with E-state index in [1.807, 2.05) is 30.2 Å². The van der Waals surface area contributed by atoms with E-state index in [4.69, 9.17) is 0 Å². The maximum atomic E-state index is 14.1. The molecule has 1 aromatic carbocycles. The topological polar surface area (TPSA) is 28.2 Å². The minimum absolute atomic E-state index is 0.209. The molecule has 4 heteroatoms. The zero-order valence-corrected chi connectivity index (χ0v) is 12.8. The molecule has 0 radical (unpaired) electrons. The van der Waals surface area contributed by atoms with Crippen LogP contribution in [0.5, 0.6) is 0 Å². The van der Waals surface area contributed by atoms with Gasteiger partial charge in [-0.1, -0.05) is 26.0 Å². The molecule has 0 amide bonds. The van der Waals surface area contributed by atoms with E-state index in [0.717, 1.165) is 11.3 Å². The SMILES string of the molecule is CCN(c1ccccc1F)c1ccncc1CNC(C)C. The van der Waals surface area contributed by atoms with E-state index in [0.29, 0.717) is 24.8 Å². The number of para-hydroxylation sites is 1. The molecule has 0 aliphatic heterocycles. The van der Waals surface area contributed by atoms with Crippen LogP contribution in [0.25, 0.3) is 0 Å². The number of pyridine rings is 1. The van der Waals surface area contributed by atoms with E-state index in [2.05, 4.69) is 24.1 Å². The lowest BCUT2D eigenvalue weighted by atomic mass is 10.1. The number of hydrogen-bond donors (Lipinski definition) is 1. The first-order valence-electron chi connectivity index (χ1n) is 7.31. The van der Waals surface area contributed by atoms with Crippen molar-refractivity contribution in [1.82, 2.24) is 10.3 Å². The smallest absolute Gasteiger partial charge is 0.146 e. The number of nitrogens with one attached hydrogen (secondary N) is 1.